The van der Waals surface area contributed by atoms with Crippen LogP contribution in [0, 0.1) is 0 Å². The van der Waals surface area contributed by atoms with Gasteiger partial charge in [0.15, 0.2) is 0 Å². The van der Waals surface area contributed by atoms with Crippen molar-refractivity contribution in [2.75, 3.05) is 5.32 Å². The third-order valence-electron chi connectivity index (χ3n) is 2.10. The second-order valence-corrected chi connectivity index (χ2v) is 4.82. The minimum Gasteiger partial charge on any atom is -0.473 e. The Morgan fingerprint density at radius 3 is 2.15 bits per heavy atom. The van der Waals surface area contributed by atoms with Crippen molar-refractivity contribution >= 4 is 40.6 Å². The van der Waals surface area contributed by atoms with Crippen LogP contribution in [0.3, 0.4) is 0 Å². The second-order valence-electron chi connectivity index (χ2n) is 3.60. The summed E-state index contributed by atoms with van der Waals surface area (Å²) in [5, 5.41) is 23.1. The van der Waals surface area contributed by atoms with Gasteiger partial charge < -0.3 is 15.5 Å². The van der Waals surface area contributed by atoms with E-state index in [2.05, 4.69) is 22.1 Å². The Bertz CT molecular complexity index is 542. The fraction of sp³-hybridized carbons (Fsp3) is 0.0769. The summed E-state index contributed by atoms with van der Waals surface area (Å²) >= 11 is 7.50. The number of anilines is 1. The highest BCUT2D eigenvalue weighted by Crippen LogP contribution is 2.15. The number of carbonyl (C=O) groups is 2. The number of hydrogen-bond donors (Lipinski definition) is 3. The zero-order chi connectivity index (χ0) is 15.0. The molecule has 7 heteroatoms. The molecular formula is C13H12ClNO4S. The van der Waals surface area contributed by atoms with Crippen LogP contribution in [0.5, 0.6) is 0 Å². The molecule has 20 heavy (non-hydrogen) atoms. The van der Waals surface area contributed by atoms with Crippen molar-refractivity contribution in [2.45, 2.75) is 6.54 Å². The van der Waals surface area contributed by atoms with Gasteiger partial charge in [0.1, 0.15) is 0 Å². The van der Waals surface area contributed by atoms with E-state index in [9.17, 15) is 0 Å². The van der Waals surface area contributed by atoms with E-state index in [4.69, 9.17) is 31.4 Å². The van der Waals surface area contributed by atoms with E-state index in [0.717, 1.165) is 17.3 Å². The Hall–Kier alpha value is -2.05. The first-order valence-electron chi connectivity index (χ1n) is 5.46. The molecule has 1 heterocycles. The average Bonchev–Trinajstić information content (AvgIpc) is 2.92. The van der Waals surface area contributed by atoms with Crippen LogP contribution < -0.4 is 5.32 Å². The van der Waals surface area contributed by atoms with E-state index in [-0.39, 0.29) is 0 Å². The molecule has 0 saturated heterocycles. The quantitative estimate of drug-likeness (QED) is 0.758. The van der Waals surface area contributed by atoms with E-state index in [1.54, 1.807) is 11.3 Å². The van der Waals surface area contributed by atoms with Crippen molar-refractivity contribution in [2.24, 2.45) is 0 Å². The van der Waals surface area contributed by atoms with E-state index >= 15 is 0 Å². The lowest BCUT2D eigenvalue weighted by molar-refractivity contribution is -0.159. The Labute approximate surface area is 124 Å². The number of thiophene rings is 1. The van der Waals surface area contributed by atoms with Gasteiger partial charge in [0.05, 0.1) is 0 Å². The molecule has 0 amide bonds. The average molecular weight is 314 g/mol. The predicted octanol–water partition coefficient (Wildman–Crippen LogP) is 3.17. The highest BCUT2D eigenvalue weighted by molar-refractivity contribution is 7.07. The van der Waals surface area contributed by atoms with E-state index in [1.807, 2.05) is 24.3 Å². The molecule has 0 aliphatic heterocycles. The van der Waals surface area contributed by atoms with Gasteiger partial charge in [-0.25, -0.2) is 9.59 Å². The second kappa shape index (κ2) is 8.19. The van der Waals surface area contributed by atoms with Crippen molar-refractivity contribution < 1.29 is 19.8 Å². The van der Waals surface area contributed by atoms with Gasteiger partial charge in [0, 0.05) is 17.3 Å². The van der Waals surface area contributed by atoms with E-state index in [1.165, 1.54) is 5.56 Å². The smallest absolute Gasteiger partial charge is 0.414 e. The molecule has 5 nitrogen and oxygen atoms in total. The van der Waals surface area contributed by atoms with Crippen molar-refractivity contribution in [1.82, 2.24) is 0 Å². The summed E-state index contributed by atoms with van der Waals surface area (Å²) in [5.41, 5.74) is 2.41. The molecule has 0 bridgehead atoms. The fourth-order valence-electron chi connectivity index (χ4n) is 1.17. The molecule has 3 N–H and O–H groups in total. The molecule has 0 aliphatic rings. The summed E-state index contributed by atoms with van der Waals surface area (Å²) in [5.74, 6) is -3.65. The number of halogens is 1. The third kappa shape index (κ3) is 6.21. The number of rotatable bonds is 3. The summed E-state index contributed by atoms with van der Waals surface area (Å²) in [4.78, 5) is 18.2. The molecule has 0 fully saturated rings. The monoisotopic (exact) mass is 313 g/mol. The Morgan fingerprint density at radius 2 is 1.70 bits per heavy atom. The lowest BCUT2D eigenvalue weighted by Crippen LogP contribution is -2.09. The molecule has 0 saturated carbocycles. The summed E-state index contributed by atoms with van der Waals surface area (Å²) in [6.07, 6.45) is 0. The Morgan fingerprint density at radius 1 is 1.10 bits per heavy atom. The molecule has 1 aromatic carbocycles. The van der Waals surface area contributed by atoms with Crippen LogP contribution in [0.25, 0.3) is 0 Å². The molecule has 0 radical (unpaired) electrons. The number of benzene rings is 1. The molecule has 2 aromatic rings. The zero-order valence-electron chi connectivity index (χ0n) is 10.2. The molecule has 0 unspecified atom stereocenters. The van der Waals surface area contributed by atoms with Gasteiger partial charge >= 0.3 is 11.9 Å². The Kier molecular flexibility index (Phi) is 6.55. The van der Waals surface area contributed by atoms with Crippen LogP contribution in [-0.2, 0) is 16.1 Å². The summed E-state index contributed by atoms with van der Waals surface area (Å²) in [7, 11) is 0. The third-order valence-corrected chi connectivity index (χ3v) is 3.09. The maximum Gasteiger partial charge on any atom is 0.414 e. The fourth-order valence-corrected chi connectivity index (χ4v) is 1.96. The molecule has 0 atom stereocenters. The molecule has 1 aromatic heterocycles. The van der Waals surface area contributed by atoms with Gasteiger partial charge in [0.2, 0.25) is 0 Å². The van der Waals surface area contributed by atoms with E-state index in [0.29, 0.717) is 0 Å². The normalized spacial score (nSPS) is 9.25. The van der Waals surface area contributed by atoms with E-state index < -0.39 is 11.9 Å². The van der Waals surface area contributed by atoms with Gasteiger partial charge in [-0.05, 0) is 46.7 Å². The number of hydrogen-bond acceptors (Lipinski definition) is 4. The largest absolute Gasteiger partial charge is 0.473 e. The minimum absolute atomic E-state index is 0.770. The zero-order valence-corrected chi connectivity index (χ0v) is 11.8. The maximum absolute atomic E-state index is 9.10. The lowest BCUT2D eigenvalue weighted by Gasteiger charge is -2.04. The number of carboxylic acid groups (broad SMARTS) is 2. The summed E-state index contributed by atoms with van der Waals surface area (Å²) in [6, 6.07) is 9.85. The van der Waals surface area contributed by atoms with Crippen LogP contribution >= 0.6 is 22.9 Å². The predicted molar refractivity (Wildman–Crippen MR) is 78.4 cm³/mol. The topological polar surface area (TPSA) is 86.6 Å². The molecule has 106 valence electrons. The molecule has 0 aliphatic carbocycles. The highest BCUT2D eigenvalue weighted by Gasteiger charge is 2.04. The first-order chi connectivity index (χ1) is 9.49. The van der Waals surface area contributed by atoms with Gasteiger partial charge in [-0.1, -0.05) is 11.6 Å². The van der Waals surface area contributed by atoms with Crippen molar-refractivity contribution in [3.63, 3.8) is 0 Å². The first-order valence-corrected chi connectivity index (χ1v) is 6.78. The SMILES string of the molecule is Clc1ccc(NCc2ccsc2)cc1.O=C(O)C(=O)O. The number of nitrogens with one attached hydrogen (secondary N) is 1. The van der Waals surface area contributed by atoms with Crippen molar-refractivity contribution in [1.29, 1.82) is 0 Å². The van der Waals surface area contributed by atoms with Gasteiger partial charge in [0.25, 0.3) is 0 Å². The summed E-state index contributed by atoms with van der Waals surface area (Å²) < 4.78 is 0. The molecular weight excluding hydrogens is 302 g/mol. The van der Waals surface area contributed by atoms with Gasteiger partial charge in [-0.3, -0.25) is 0 Å². The van der Waals surface area contributed by atoms with Gasteiger partial charge in [-0.15, -0.1) is 0 Å². The van der Waals surface area contributed by atoms with Crippen LogP contribution in [-0.4, -0.2) is 22.2 Å². The lowest BCUT2D eigenvalue weighted by atomic mass is 10.3. The molecule has 2 rings (SSSR count). The van der Waals surface area contributed by atoms with Crippen molar-refractivity contribution in [3.05, 3.63) is 51.7 Å². The standard InChI is InChI=1S/C11H10ClNS.C2H2O4/c12-10-1-3-11(4-2-10)13-7-9-5-6-14-8-9;3-1(4)2(5)6/h1-6,8,13H,7H2;(H,3,4)(H,5,6). The van der Waals surface area contributed by atoms with Crippen LogP contribution in [0.1, 0.15) is 5.56 Å². The minimum atomic E-state index is -1.82. The van der Waals surface area contributed by atoms with Crippen LogP contribution in [0.2, 0.25) is 5.02 Å². The van der Waals surface area contributed by atoms with Gasteiger partial charge in [-0.2, -0.15) is 11.3 Å². The number of aliphatic carboxylic acids is 2. The highest BCUT2D eigenvalue weighted by atomic mass is 35.5. The Balaban J connectivity index is 0.000000286. The molecule has 0 spiro atoms. The number of carboxylic acids is 2. The maximum atomic E-state index is 9.10. The van der Waals surface area contributed by atoms with Crippen molar-refractivity contribution in [3.8, 4) is 0 Å². The first kappa shape index (κ1) is 16.0. The summed E-state index contributed by atoms with van der Waals surface area (Å²) in [6.45, 7) is 0.866. The van der Waals surface area contributed by atoms with Crippen LogP contribution in [0.15, 0.2) is 41.1 Å². The van der Waals surface area contributed by atoms with Crippen LogP contribution in [0.4, 0.5) is 5.69 Å².